The third-order valence-electron chi connectivity index (χ3n) is 2.58. The standard InChI is InChI=1S/C13H17NO3/c1-10-3-5-11(6-4-10)12(7-8-15)9-13(16)14-17-2/h3-6,8,12H,7,9H2,1-2H3,(H,14,16). The van der Waals surface area contributed by atoms with Gasteiger partial charge in [0.25, 0.3) is 0 Å². The summed E-state index contributed by atoms with van der Waals surface area (Å²) in [5.41, 5.74) is 4.41. The Morgan fingerprint density at radius 1 is 1.41 bits per heavy atom. The average molecular weight is 235 g/mol. The number of hydroxylamine groups is 1. The fourth-order valence-corrected chi connectivity index (χ4v) is 1.67. The SMILES string of the molecule is CONC(=O)CC(CC=O)c1ccc(C)cc1. The molecule has 0 heterocycles. The van der Waals surface area contributed by atoms with Crippen molar-refractivity contribution in [1.82, 2.24) is 5.48 Å². The van der Waals surface area contributed by atoms with E-state index < -0.39 is 0 Å². The Balaban J connectivity index is 2.74. The highest BCUT2D eigenvalue weighted by molar-refractivity contribution is 5.76. The third-order valence-corrected chi connectivity index (χ3v) is 2.58. The number of nitrogens with one attached hydrogen (secondary N) is 1. The Morgan fingerprint density at radius 3 is 2.59 bits per heavy atom. The number of hydrogen-bond acceptors (Lipinski definition) is 3. The monoisotopic (exact) mass is 235 g/mol. The van der Waals surface area contributed by atoms with E-state index in [1.807, 2.05) is 31.2 Å². The summed E-state index contributed by atoms with van der Waals surface area (Å²) < 4.78 is 0. The van der Waals surface area contributed by atoms with Crippen LogP contribution in [-0.2, 0) is 14.4 Å². The maximum atomic E-state index is 11.4. The van der Waals surface area contributed by atoms with E-state index in [0.717, 1.165) is 17.4 Å². The minimum absolute atomic E-state index is 0.0942. The second kappa shape index (κ2) is 6.81. The number of benzene rings is 1. The van der Waals surface area contributed by atoms with Gasteiger partial charge in [0, 0.05) is 12.8 Å². The molecule has 0 fully saturated rings. The fourth-order valence-electron chi connectivity index (χ4n) is 1.67. The highest BCUT2D eigenvalue weighted by atomic mass is 16.6. The Bertz CT molecular complexity index is 373. The summed E-state index contributed by atoms with van der Waals surface area (Å²) >= 11 is 0. The van der Waals surface area contributed by atoms with Gasteiger partial charge in [-0.25, -0.2) is 5.48 Å². The third kappa shape index (κ3) is 4.36. The molecule has 0 saturated carbocycles. The highest BCUT2D eigenvalue weighted by Gasteiger charge is 2.15. The number of amides is 1. The van der Waals surface area contributed by atoms with Crippen LogP contribution < -0.4 is 5.48 Å². The van der Waals surface area contributed by atoms with E-state index in [2.05, 4.69) is 10.3 Å². The molecule has 1 N–H and O–H groups in total. The van der Waals surface area contributed by atoms with E-state index in [1.165, 1.54) is 7.11 Å². The summed E-state index contributed by atoms with van der Waals surface area (Å²) in [7, 11) is 1.39. The van der Waals surface area contributed by atoms with Gasteiger partial charge >= 0.3 is 0 Å². The van der Waals surface area contributed by atoms with Crippen LogP contribution in [0.4, 0.5) is 0 Å². The van der Waals surface area contributed by atoms with Crippen LogP contribution in [0.1, 0.15) is 29.9 Å². The number of aryl methyl sites for hydroxylation is 1. The first-order chi connectivity index (χ1) is 8.17. The highest BCUT2D eigenvalue weighted by Crippen LogP contribution is 2.22. The van der Waals surface area contributed by atoms with Gasteiger partial charge < -0.3 is 4.79 Å². The summed E-state index contributed by atoms with van der Waals surface area (Å²) in [6.45, 7) is 2.00. The Hall–Kier alpha value is -1.68. The second-order valence-electron chi connectivity index (χ2n) is 3.94. The van der Waals surface area contributed by atoms with Crippen molar-refractivity contribution in [3.63, 3.8) is 0 Å². The zero-order valence-corrected chi connectivity index (χ0v) is 10.1. The van der Waals surface area contributed by atoms with Crippen molar-refractivity contribution in [3.8, 4) is 0 Å². The fraction of sp³-hybridized carbons (Fsp3) is 0.385. The molecule has 1 amide bonds. The van der Waals surface area contributed by atoms with Crippen LogP contribution in [0.3, 0.4) is 0 Å². The average Bonchev–Trinajstić information content (AvgIpc) is 2.30. The number of carbonyl (C=O) groups is 2. The van der Waals surface area contributed by atoms with Crippen LogP contribution in [0.2, 0.25) is 0 Å². The van der Waals surface area contributed by atoms with Crippen molar-refractivity contribution in [1.29, 1.82) is 0 Å². The predicted molar refractivity (Wildman–Crippen MR) is 64.4 cm³/mol. The minimum Gasteiger partial charge on any atom is -0.303 e. The van der Waals surface area contributed by atoms with Gasteiger partial charge in [-0.15, -0.1) is 0 Å². The summed E-state index contributed by atoms with van der Waals surface area (Å²) in [6, 6.07) is 7.84. The Morgan fingerprint density at radius 2 is 2.06 bits per heavy atom. The van der Waals surface area contributed by atoms with Gasteiger partial charge in [0.1, 0.15) is 6.29 Å². The maximum Gasteiger partial charge on any atom is 0.244 e. The zero-order chi connectivity index (χ0) is 12.7. The van der Waals surface area contributed by atoms with Crippen molar-refractivity contribution in [2.45, 2.75) is 25.7 Å². The normalized spacial score (nSPS) is 11.9. The maximum absolute atomic E-state index is 11.4. The summed E-state index contributed by atoms with van der Waals surface area (Å²) in [4.78, 5) is 26.6. The molecule has 0 bridgehead atoms. The van der Waals surface area contributed by atoms with Crippen molar-refractivity contribution < 1.29 is 14.4 Å². The quantitative estimate of drug-likeness (QED) is 0.603. The molecule has 1 atom stereocenters. The van der Waals surface area contributed by atoms with Crippen LogP contribution in [0.5, 0.6) is 0 Å². The second-order valence-corrected chi connectivity index (χ2v) is 3.94. The molecule has 0 aliphatic rings. The lowest BCUT2D eigenvalue weighted by atomic mass is 9.92. The van der Waals surface area contributed by atoms with E-state index in [1.54, 1.807) is 0 Å². The predicted octanol–water partition coefficient (Wildman–Crippen LogP) is 1.74. The van der Waals surface area contributed by atoms with E-state index in [0.29, 0.717) is 6.42 Å². The lowest BCUT2D eigenvalue weighted by Gasteiger charge is -2.14. The molecule has 4 heteroatoms. The van der Waals surface area contributed by atoms with Crippen molar-refractivity contribution in [2.75, 3.05) is 7.11 Å². The van der Waals surface area contributed by atoms with Gasteiger partial charge in [-0.3, -0.25) is 9.63 Å². The van der Waals surface area contributed by atoms with Crippen LogP contribution in [0.15, 0.2) is 24.3 Å². The molecule has 0 saturated heterocycles. The molecule has 17 heavy (non-hydrogen) atoms. The van der Waals surface area contributed by atoms with Crippen LogP contribution >= 0.6 is 0 Å². The Kier molecular flexibility index (Phi) is 5.36. The van der Waals surface area contributed by atoms with Gasteiger partial charge in [0.15, 0.2) is 0 Å². The molecule has 0 aromatic heterocycles. The largest absolute Gasteiger partial charge is 0.303 e. The zero-order valence-electron chi connectivity index (χ0n) is 10.1. The smallest absolute Gasteiger partial charge is 0.244 e. The molecule has 92 valence electrons. The summed E-state index contributed by atoms with van der Waals surface area (Å²) in [5.74, 6) is -0.317. The van der Waals surface area contributed by atoms with Gasteiger partial charge in [0.2, 0.25) is 5.91 Å². The van der Waals surface area contributed by atoms with Crippen molar-refractivity contribution in [3.05, 3.63) is 35.4 Å². The number of aldehydes is 1. The summed E-state index contributed by atoms with van der Waals surface area (Å²) in [6.07, 6.45) is 1.42. The molecular weight excluding hydrogens is 218 g/mol. The molecule has 0 aliphatic heterocycles. The van der Waals surface area contributed by atoms with E-state index in [-0.39, 0.29) is 18.2 Å². The topological polar surface area (TPSA) is 55.4 Å². The van der Waals surface area contributed by atoms with Crippen LogP contribution in [0, 0.1) is 6.92 Å². The van der Waals surface area contributed by atoms with Gasteiger partial charge in [-0.1, -0.05) is 29.8 Å². The lowest BCUT2D eigenvalue weighted by Crippen LogP contribution is -2.24. The Labute approximate surface area is 101 Å². The first-order valence-electron chi connectivity index (χ1n) is 5.49. The lowest BCUT2D eigenvalue weighted by molar-refractivity contribution is -0.131. The van der Waals surface area contributed by atoms with E-state index in [9.17, 15) is 9.59 Å². The number of hydrogen-bond donors (Lipinski definition) is 1. The summed E-state index contributed by atoms with van der Waals surface area (Å²) in [5, 5.41) is 0. The van der Waals surface area contributed by atoms with E-state index in [4.69, 9.17) is 0 Å². The number of rotatable bonds is 6. The van der Waals surface area contributed by atoms with Crippen LogP contribution in [0.25, 0.3) is 0 Å². The van der Waals surface area contributed by atoms with Crippen molar-refractivity contribution >= 4 is 12.2 Å². The first-order valence-corrected chi connectivity index (χ1v) is 5.49. The minimum atomic E-state index is -0.222. The van der Waals surface area contributed by atoms with E-state index >= 15 is 0 Å². The molecule has 0 spiro atoms. The molecule has 1 aromatic carbocycles. The van der Waals surface area contributed by atoms with Crippen molar-refractivity contribution in [2.24, 2.45) is 0 Å². The van der Waals surface area contributed by atoms with Gasteiger partial charge in [0.05, 0.1) is 7.11 Å². The van der Waals surface area contributed by atoms with Crippen LogP contribution in [-0.4, -0.2) is 19.3 Å². The molecule has 1 aromatic rings. The molecular formula is C13H17NO3. The molecule has 1 rings (SSSR count). The molecule has 4 nitrogen and oxygen atoms in total. The van der Waals surface area contributed by atoms with Gasteiger partial charge in [-0.2, -0.15) is 0 Å². The van der Waals surface area contributed by atoms with Gasteiger partial charge in [-0.05, 0) is 18.4 Å². The first kappa shape index (κ1) is 13.4. The molecule has 1 unspecified atom stereocenters. The molecule has 0 radical (unpaired) electrons. The molecule has 0 aliphatic carbocycles. The number of carbonyl (C=O) groups excluding carboxylic acids is 2.